The van der Waals surface area contributed by atoms with Crippen molar-refractivity contribution < 1.29 is 68.5 Å². The Morgan fingerprint density at radius 3 is 0.940 bits per heavy atom. The summed E-state index contributed by atoms with van der Waals surface area (Å²) in [5.41, 5.74) is 22.4. The number of aliphatic hydroxyl groups is 6. The molecule has 12 heterocycles. The van der Waals surface area contributed by atoms with Crippen LogP contribution >= 0.6 is 0 Å². The quantitative estimate of drug-likeness (QED) is 0.0225. The molecule has 134 heavy (non-hydrogen) atoms. The van der Waals surface area contributed by atoms with Crippen molar-refractivity contribution in [1.82, 2.24) is 78.1 Å². The van der Waals surface area contributed by atoms with Gasteiger partial charge in [0.2, 0.25) is 0 Å². The standard InChI is InChI=1S/C38H37N5O4.C31H31N5O2.C18H21N5O5.C11H15N5O3.2CH4/c1-3-31-33(44)34(46-23-26-19-21-30(45-2)22-20-26)37(47-31)43-25-41-32-35(39-24-40-36(32)43)42-38(27-13-7-4-8-14-27,28-15-9-5-10-16-28)29-17-11-6-12-18-29;1-3-25-21(2)27(37)30(38-25)36-20-34-26-28(32-19-33-29(26)36)35-31(22-13-7-4-8-14-22,23-15-9-5-10-16-23)24-17-11-6-12-18-24;1-26-11-4-2-10(3-5-11)7-27-15-14(25)12(6-24)28-18(15)23-9-22-13-16(19)20-8-21-17(13)23;1-5-6(2-17)19-11(8(5)18)16-4-15-7-9(12)13-3-14-10(7)16;;/h4-22,24-25,31,33-34,37,44H,3,23H2,1-2H3,(H,39,40,42);4-21,25,27,30,37H,3H2,1-2H3,(H,32,33,35);2-5,8-9,12,14-15,18,24-25H,6-7H2,1H3,(H2,19,20,21);3-6,8,11,17-18H,2H2,1H3,(H2,12,13,14);2*1H4/t31-,33?,34+,37-;21?,25-,27+,30-;12-,14?,15+,18-;5?,6-,8+,11-;;/m1111../s1. The summed E-state index contributed by atoms with van der Waals surface area (Å²) in [4.78, 5) is 52.6. The maximum absolute atomic E-state index is 11.3. The highest BCUT2D eigenvalue weighted by Gasteiger charge is 2.50. The largest absolute Gasteiger partial charge is 0.497 e. The van der Waals surface area contributed by atoms with Gasteiger partial charge >= 0.3 is 0 Å². The zero-order chi connectivity index (χ0) is 91.6. The van der Waals surface area contributed by atoms with Crippen molar-refractivity contribution in [3.63, 3.8) is 0 Å². The predicted octanol–water partition coefficient (Wildman–Crippen LogP) is 12.8. The Hall–Kier alpha value is -13.7. The van der Waals surface area contributed by atoms with Gasteiger partial charge in [-0.25, -0.2) is 59.8 Å². The van der Waals surface area contributed by atoms with Gasteiger partial charge in [-0.1, -0.05) is 249 Å². The fourth-order valence-electron chi connectivity index (χ4n) is 17.7. The Bertz CT molecular complexity index is 6250. The molecule has 8 aromatic carbocycles. The highest BCUT2D eigenvalue weighted by Crippen LogP contribution is 2.46. The molecule has 0 spiro atoms. The van der Waals surface area contributed by atoms with E-state index in [4.69, 9.17) is 64.3 Å². The molecule has 16 atom stereocenters. The highest BCUT2D eigenvalue weighted by atomic mass is 16.6. The van der Waals surface area contributed by atoms with Crippen LogP contribution in [-0.4, -0.2) is 197 Å². The number of nitrogens with zero attached hydrogens (tertiary/aromatic N) is 16. The third kappa shape index (κ3) is 18.8. The number of methoxy groups -OCH3 is 2. The van der Waals surface area contributed by atoms with E-state index in [0.717, 1.165) is 62.4 Å². The molecule has 12 N–H and O–H groups in total. The van der Waals surface area contributed by atoms with Gasteiger partial charge in [0, 0.05) is 11.8 Å². The lowest BCUT2D eigenvalue weighted by atomic mass is 9.77. The number of benzene rings is 8. The van der Waals surface area contributed by atoms with E-state index in [1.54, 1.807) is 36.0 Å². The summed E-state index contributed by atoms with van der Waals surface area (Å²) in [6, 6.07) is 77.2. The van der Waals surface area contributed by atoms with Crippen molar-refractivity contribution in [2.75, 3.05) is 49.5 Å². The molecule has 4 aliphatic heterocycles. The Morgan fingerprint density at radius 2 is 0.627 bits per heavy atom. The van der Waals surface area contributed by atoms with Crippen molar-refractivity contribution >= 4 is 67.9 Å². The molecule has 0 bridgehead atoms. The number of aliphatic hydroxyl groups excluding tert-OH is 6. The van der Waals surface area contributed by atoms with Gasteiger partial charge in [-0.2, -0.15) is 0 Å². The van der Waals surface area contributed by atoms with E-state index in [2.05, 4.69) is 135 Å². The summed E-state index contributed by atoms with van der Waals surface area (Å²) in [7, 11) is 3.24. The van der Waals surface area contributed by atoms with E-state index in [9.17, 15) is 30.6 Å². The van der Waals surface area contributed by atoms with Crippen LogP contribution in [0.15, 0.2) is 281 Å². The van der Waals surface area contributed by atoms with E-state index in [1.165, 1.54) is 38.0 Å². The smallest absolute Gasteiger partial charge is 0.167 e. The van der Waals surface area contributed by atoms with Gasteiger partial charge < -0.3 is 90.6 Å². The number of ether oxygens (including phenoxy) is 8. The van der Waals surface area contributed by atoms with E-state index in [-0.39, 0.29) is 64.2 Å². The van der Waals surface area contributed by atoms with E-state index >= 15 is 0 Å². The third-order valence-electron chi connectivity index (χ3n) is 24.9. The summed E-state index contributed by atoms with van der Waals surface area (Å²) in [5, 5.41) is 69.4. The Kier molecular flexibility index (Phi) is 30.1. The van der Waals surface area contributed by atoms with E-state index < -0.39 is 90.9 Å². The number of nitrogens with one attached hydrogen (secondary N) is 2. The van der Waals surface area contributed by atoms with Gasteiger partial charge in [-0.3, -0.25) is 18.3 Å². The third-order valence-corrected chi connectivity index (χ3v) is 24.9. The van der Waals surface area contributed by atoms with E-state index in [0.29, 0.717) is 69.3 Å². The molecule has 20 rings (SSSR count). The molecule has 4 unspecified atom stereocenters. The number of hydrogen-bond acceptors (Lipinski definition) is 30. The highest BCUT2D eigenvalue weighted by molar-refractivity contribution is 5.86. The first-order valence-electron chi connectivity index (χ1n) is 43.7. The Labute approximate surface area is 774 Å². The summed E-state index contributed by atoms with van der Waals surface area (Å²) < 4.78 is 53.8. The Morgan fingerprint density at radius 1 is 0.343 bits per heavy atom. The number of fused-ring (bicyclic) bond motifs is 4. The lowest BCUT2D eigenvalue weighted by molar-refractivity contribution is -0.0761. The fraction of sp³-hybridized carbons (Fsp3) is 0.320. The van der Waals surface area contributed by atoms with Crippen LogP contribution in [0.3, 0.4) is 0 Å². The van der Waals surface area contributed by atoms with Crippen molar-refractivity contribution in [2.45, 2.75) is 166 Å². The number of anilines is 4. The van der Waals surface area contributed by atoms with Crippen LogP contribution in [0.2, 0.25) is 0 Å². The van der Waals surface area contributed by atoms with Gasteiger partial charge in [0.15, 0.2) is 81.8 Å². The first-order valence-corrected chi connectivity index (χ1v) is 43.7. The number of rotatable bonds is 26. The monoisotopic (exact) mass is 1820 g/mol. The molecule has 34 nitrogen and oxygen atoms in total. The zero-order valence-corrected chi connectivity index (χ0v) is 73.3. The van der Waals surface area contributed by atoms with Crippen LogP contribution in [-0.2, 0) is 52.7 Å². The molecule has 0 radical (unpaired) electrons. The molecule has 4 fully saturated rings. The number of hydrogen-bond donors (Lipinski definition) is 10. The average Bonchev–Trinajstić information content (AvgIpc) is 0.966. The number of nitrogen functional groups attached to an aromatic ring is 2. The minimum atomic E-state index is -1.02. The van der Waals surface area contributed by atoms with Gasteiger partial charge in [-0.15, -0.1) is 0 Å². The summed E-state index contributed by atoms with van der Waals surface area (Å²) in [5.74, 6) is 3.04. The van der Waals surface area contributed by atoms with Crippen LogP contribution in [0.25, 0.3) is 44.7 Å². The maximum atomic E-state index is 11.3. The van der Waals surface area contributed by atoms with Crippen LogP contribution < -0.4 is 31.6 Å². The number of imidazole rings is 4. The Balaban J connectivity index is 0.000000142. The van der Waals surface area contributed by atoms with Crippen LogP contribution in [0.1, 0.15) is 125 Å². The average molecular weight is 1820 g/mol. The molecule has 8 aromatic heterocycles. The van der Waals surface area contributed by atoms with Gasteiger partial charge in [0.05, 0.1) is 84.3 Å². The van der Waals surface area contributed by atoms with Gasteiger partial charge in [-0.05, 0) is 81.6 Å². The molecule has 0 aliphatic carbocycles. The molecular formula is C100H112N20O14. The van der Waals surface area contributed by atoms with Gasteiger partial charge in [0.1, 0.15) is 102 Å². The van der Waals surface area contributed by atoms with Crippen LogP contribution in [0.5, 0.6) is 11.5 Å². The molecule has 4 saturated heterocycles. The SMILES string of the molecule is C.C.CC1[C@@H](CO)O[C@@H](n2cnc3c(N)ncnc32)[C@H]1O.CC[C@H]1O[C@@H](n2cnc3c(NC(c4ccccc4)(c4ccccc4)c4ccccc4)ncnc32)[C@@H](O)C1C.CC[C@H]1O[C@@H](n2cnc3c(NC(c4ccccc4)(c4ccccc4)c4ccccc4)ncnc32)[C@@H](OCc2ccc(OC)cc2)C1O.COc1ccc(CO[C@H]2C(O)[C@@H](CO)O[C@H]2n2cnc3c(N)ncnc32)cc1. The molecule has 16 aromatic rings. The summed E-state index contributed by atoms with van der Waals surface area (Å²) in [6.07, 6.45) is 4.78. The lowest BCUT2D eigenvalue weighted by Gasteiger charge is -2.37. The summed E-state index contributed by atoms with van der Waals surface area (Å²) in [6.45, 7) is 7.97. The molecule has 34 heteroatoms. The predicted molar refractivity (Wildman–Crippen MR) is 505 cm³/mol. The summed E-state index contributed by atoms with van der Waals surface area (Å²) >= 11 is 0. The van der Waals surface area contributed by atoms with Crippen molar-refractivity contribution in [2.24, 2.45) is 11.8 Å². The zero-order valence-electron chi connectivity index (χ0n) is 73.3. The molecule has 696 valence electrons. The maximum Gasteiger partial charge on any atom is 0.167 e. The number of nitrogens with two attached hydrogens (primary N) is 2. The number of aromatic nitrogens is 16. The first kappa shape index (κ1) is 94.9. The van der Waals surface area contributed by atoms with Crippen LogP contribution in [0.4, 0.5) is 23.3 Å². The minimum absolute atomic E-state index is 0. The second-order valence-corrected chi connectivity index (χ2v) is 32.6. The molecule has 4 aliphatic rings. The van der Waals surface area contributed by atoms with Crippen molar-refractivity contribution in [1.29, 1.82) is 0 Å². The second-order valence-electron chi connectivity index (χ2n) is 32.6. The lowest BCUT2D eigenvalue weighted by Crippen LogP contribution is -2.38. The minimum Gasteiger partial charge on any atom is -0.497 e. The van der Waals surface area contributed by atoms with Crippen molar-refractivity contribution in [3.8, 4) is 11.5 Å². The topological polar surface area (TPSA) is 446 Å². The van der Waals surface area contributed by atoms with E-state index in [1.807, 2.05) is 188 Å². The van der Waals surface area contributed by atoms with Gasteiger partial charge in [0.25, 0.3) is 0 Å². The fourth-order valence-corrected chi connectivity index (χ4v) is 17.7. The first-order chi connectivity index (χ1) is 64.5. The molecular weight excluding hydrogens is 1710 g/mol. The van der Waals surface area contributed by atoms with Crippen LogP contribution in [0, 0.1) is 11.8 Å². The molecule has 0 saturated carbocycles. The second kappa shape index (κ2) is 42.4. The van der Waals surface area contributed by atoms with Crippen molar-refractivity contribution in [3.05, 3.63) is 326 Å². The normalized spacial score (nSPS) is 22.5. The molecule has 0 amide bonds.